The fourth-order valence-electron chi connectivity index (χ4n) is 4.11. The van der Waals surface area contributed by atoms with Crippen molar-refractivity contribution >= 4 is 23.2 Å². The summed E-state index contributed by atoms with van der Waals surface area (Å²) in [5, 5.41) is 5.84. The fourth-order valence-corrected chi connectivity index (χ4v) is 4.11. The zero-order valence-electron chi connectivity index (χ0n) is 18.9. The minimum Gasteiger partial charge on any atom is -0.366 e. The average Bonchev–Trinajstić information content (AvgIpc) is 2.80. The molecule has 170 valence electrons. The van der Waals surface area contributed by atoms with Gasteiger partial charge in [0.2, 0.25) is 5.91 Å². The smallest absolute Gasteiger partial charge is 0.253 e. The number of anilines is 2. The maximum absolute atomic E-state index is 13.1. The molecule has 0 atom stereocenters. The standard InChI is InChI=1S/C27H28FN3O2/c1-18(2)29-27(33)24-16-23(30-26(32)15-19-7-9-22(28)10-8-19)11-12-25(24)31-14-13-20-5-3-4-6-21(20)17-31/h3-12,16,18H,13-15,17H2,1-2H3,(H,29,33)(H,30,32). The molecule has 0 saturated heterocycles. The first-order valence-corrected chi connectivity index (χ1v) is 11.2. The van der Waals surface area contributed by atoms with Gasteiger partial charge in [-0.2, -0.15) is 0 Å². The highest BCUT2D eigenvalue weighted by atomic mass is 19.1. The molecule has 0 unspecified atom stereocenters. The van der Waals surface area contributed by atoms with Crippen molar-refractivity contribution in [3.63, 3.8) is 0 Å². The van der Waals surface area contributed by atoms with Gasteiger partial charge in [-0.05, 0) is 67.3 Å². The molecule has 0 bridgehead atoms. The monoisotopic (exact) mass is 445 g/mol. The summed E-state index contributed by atoms with van der Waals surface area (Å²) >= 11 is 0. The number of fused-ring (bicyclic) bond motifs is 1. The summed E-state index contributed by atoms with van der Waals surface area (Å²) in [6.07, 6.45) is 1.04. The molecule has 0 aliphatic carbocycles. The van der Waals surface area contributed by atoms with Gasteiger partial charge in [0.05, 0.1) is 12.0 Å². The number of hydrogen-bond acceptors (Lipinski definition) is 3. The third-order valence-electron chi connectivity index (χ3n) is 5.69. The Labute approximate surface area is 193 Å². The van der Waals surface area contributed by atoms with Gasteiger partial charge in [0.15, 0.2) is 0 Å². The normalized spacial score (nSPS) is 12.9. The van der Waals surface area contributed by atoms with Crippen LogP contribution in [-0.2, 0) is 24.2 Å². The second-order valence-electron chi connectivity index (χ2n) is 8.65. The van der Waals surface area contributed by atoms with Crippen molar-refractivity contribution in [1.29, 1.82) is 0 Å². The number of nitrogens with one attached hydrogen (secondary N) is 2. The van der Waals surface area contributed by atoms with Crippen LogP contribution in [0.1, 0.15) is 40.9 Å². The molecule has 0 spiro atoms. The van der Waals surface area contributed by atoms with Crippen LogP contribution in [0.15, 0.2) is 66.7 Å². The van der Waals surface area contributed by atoms with Crippen molar-refractivity contribution in [2.75, 3.05) is 16.8 Å². The van der Waals surface area contributed by atoms with Crippen molar-refractivity contribution in [2.24, 2.45) is 0 Å². The Morgan fingerprint density at radius 2 is 1.73 bits per heavy atom. The van der Waals surface area contributed by atoms with Crippen LogP contribution in [0.2, 0.25) is 0 Å². The largest absolute Gasteiger partial charge is 0.366 e. The number of rotatable bonds is 6. The topological polar surface area (TPSA) is 61.4 Å². The Morgan fingerprint density at radius 1 is 1.00 bits per heavy atom. The predicted octanol–water partition coefficient (Wildman–Crippen LogP) is 4.71. The Bertz CT molecular complexity index is 1160. The lowest BCUT2D eigenvalue weighted by Gasteiger charge is -2.32. The van der Waals surface area contributed by atoms with Gasteiger partial charge in [0, 0.05) is 30.5 Å². The highest BCUT2D eigenvalue weighted by Gasteiger charge is 2.22. The molecule has 0 radical (unpaired) electrons. The zero-order valence-corrected chi connectivity index (χ0v) is 18.9. The second kappa shape index (κ2) is 9.86. The van der Waals surface area contributed by atoms with Crippen molar-refractivity contribution in [2.45, 2.75) is 39.3 Å². The summed E-state index contributed by atoms with van der Waals surface area (Å²) in [6, 6.07) is 19.7. The first-order valence-electron chi connectivity index (χ1n) is 11.2. The molecule has 6 heteroatoms. The first-order chi connectivity index (χ1) is 15.9. The van der Waals surface area contributed by atoms with Crippen LogP contribution < -0.4 is 15.5 Å². The number of carbonyl (C=O) groups excluding carboxylic acids is 2. The van der Waals surface area contributed by atoms with E-state index in [1.165, 1.54) is 23.3 Å². The molecule has 5 nitrogen and oxygen atoms in total. The van der Waals surface area contributed by atoms with E-state index >= 15 is 0 Å². The Kier molecular flexibility index (Phi) is 6.73. The van der Waals surface area contributed by atoms with E-state index in [0.717, 1.165) is 30.8 Å². The molecular weight excluding hydrogens is 417 g/mol. The van der Waals surface area contributed by atoms with Crippen LogP contribution in [0.25, 0.3) is 0 Å². The lowest BCUT2D eigenvalue weighted by Crippen LogP contribution is -2.35. The summed E-state index contributed by atoms with van der Waals surface area (Å²) in [7, 11) is 0. The maximum Gasteiger partial charge on any atom is 0.253 e. The van der Waals surface area contributed by atoms with E-state index < -0.39 is 0 Å². The van der Waals surface area contributed by atoms with Gasteiger partial charge >= 0.3 is 0 Å². The average molecular weight is 446 g/mol. The number of halogens is 1. The van der Waals surface area contributed by atoms with E-state index in [4.69, 9.17) is 0 Å². The van der Waals surface area contributed by atoms with Crippen molar-refractivity contribution in [1.82, 2.24) is 5.32 Å². The Morgan fingerprint density at radius 3 is 2.45 bits per heavy atom. The van der Waals surface area contributed by atoms with Crippen LogP contribution in [0.4, 0.5) is 15.8 Å². The van der Waals surface area contributed by atoms with Crippen LogP contribution in [-0.4, -0.2) is 24.4 Å². The van der Waals surface area contributed by atoms with Gasteiger partial charge in [0.1, 0.15) is 5.82 Å². The maximum atomic E-state index is 13.1. The predicted molar refractivity (Wildman–Crippen MR) is 129 cm³/mol. The molecular formula is C27H28FN3O2. The van der Waals surface area contributed by atoms with Crippen molar-refractivity contribution in [3.8, 4) is 0 Å². The molecule has 0 fully saturated rings. The number of benzene rings is 3. The van der Waals surface area contributed by atoms with Crippen molar-refractivity contribution < 1.29 is 14.0 Å². The first kappa shape index (κ1) is 22.5. The molecule has 3 aromatic rings. The third kappa shape index (κ3) is 5.58. The highest BCUT2D eigenvalue weighted by Crippen LogP contribution is 2.29. The van der Waals surface area contributed by atoms with Gasteiger partial charge in [-0.3, -0.25) is 9.59 Å². The van der Waals surface area contributed by atoms with E-state index in [9.17, 15) is 14.0 Å². The molecule has 4 rings (SSSR count). The van der Waals surface area contributed by atoms with E-state index in [2.05, 4.69) is 33.7 Å². The highest BCUT2D eigenvalue weighted by molar-refractivity contribution is 6.02. The fraction of sp³-hybridized carbons (Fsp3) is 0.259. The number of hydrogen-bond donors (Lipinski definition) is 2. The molecule has 3 aromatic carbocycles. The number of nitrogens with zero attached hydrogens (tertiary/aromatic N) is 1. The summed E-state index contributed by atoms with van der Waals surface area (Å²) in [6.45, 7) is 5.38. The molecule has 0 saturated carbocycles. The summed E-state index contributed by atoms with van der Waals surface area (Å²) in [4.78, 5) is 27.8. The molecule has 0 aromatic heterocycles. The van der Waals surface area contributed by atoms with Gasteiger partial charge in [-0.25, -0.2) is 4.39 Å². The summed E-state index contributed by atoms with van der Waals surface area (Å²) in [5.74, 6) is -0.735. The third-order valence-corrected chi connectivity index (χ3v) is 5.69. The molecule has 1 heterocycles. The van der Waals surface area contributed by atoms with Gasteiger partial charge in [0.25, 0.3) is 5.91 Å². The van der Waals surface area contributed by atoms with E-state index in [-0.39, 0.29) is 30.1 Å². The molecule has 33 heavy (non-hydrogen) atoms. The number of amides is 2. The van der Waals surface area contributed by atoms with Crippen LogP contribution in [0.5, 0.6) is 0 Å². The van der Waals surface area contributed by atoms with Gasteiger partial charge in [-0.1, -0.05) is 36.4 Å². The van der Waals surface area contributed by atoms with E-state index in [1.54, 1.807) is 18.2 Å². The zero-order chi connectivity index (χ0) is 23.4. The summed E-state index contributed by atoms with van der Waals surface area (Å²) in [5.41, 5.74) is 5.25. The SMILES string of the molecule is CC(C)NC(=O)c1cc(NC(=O)Cc2ccc(F)cc2)ccc1N1CCc2ccccc2C1. The minimum atomic E-state index is -0.337. The lowest BCUT2D eigenvalue weighted by atomic mass is 9.98. The second-order valence-corrected chi connectivity index (χ2v) is 8.65. The molecule has 2 N–H and O–H groups in total. The van der Waals surface area contributed by atoms with Crippen LogP contribution in [0, 0.1) is 5.82 Å². The van der Waals surface area contributed by atoms with Crippen LogP contribution in [0.3, 0.4) is 0 Å². The van der Waals surface area contributed by atoms with E-state index in [1.807, 2.05) is 32.0 Å². The Balaban J connectivity index is 1.56. The van der Waals surface area contributed by atoms with Crippen molar-refractivity contribution in [3.05, 3.63) is 94.8 Å². The molecule has 2 amide bonds. The number of carbonyl (C=O) groups is 2. The summed E-state index contributed by atoms with van der Waals surface area (Å²) < 4.78 is 13.1. The molecule has 1 aliphatic rings. The molecule has 1 aliphatic heterocycles. The minimum absolute atomic E-state index is 0.0100. The Hall–Kier alpha value is -3.67. The lowest BCUT2D eigenvalue weighted by molar-refractivity contribution is -0.115. The van der Waals surface area contributed by atoms with Gasteiger partial charge in [-0.15, -0.1) is 0 Å². The van der Waals surface area contributed by atoms with E-state index in [0.29, 0.717) is 11.3 Å². The van der Waals surface area contributed by atoms with Gasteiger partial charge < -0.3 is 15.5 Å². The quantitative estimate of drug-likeness (QED) is 0.578. The van der Waals surface area contributed by atoms with Crippen LogP contribution >= 0.6 is 0 Å².